The van der Waals surface area contributed by atoms with Crippen LogP contribution in [0.5, 0.6) is 0 Å². The molecular formula is C33H35FN4O5S. The Morgan fingerprint density at radius 3 is 2.52 bits per heavy atom. The van der Waals surface area contributed by atoms with Crippen LogP contribution in [0.15, 0.2) is 71.3 Å². The number of nitrogens with zero attached hydrogens (tertiary/aromatic N) is 3. The van der Waals surface area contributed by atoms with Gasteiger partial charge in [0.25, 0.3) is 11.8 Å². The fourth-order valence-corrected chi connectivity index (χ4v) is 6.58. The third-order valence-electron chi connectivity index (χ3n) is 8.40. The smallest absolute Gasteiger partial charge is 0.256 e. The van der Waals surface area contributed by atoms with Crippen molar-refractivity contribution in [3.05, 3.63) is 89.4 Å². The molecule has 3 aromatic carbocycles. The van der Waals surface area contributed by atoms with E-state index in [1.807, 2.05) is 59.1 Å². The van der Waals surface area contributed by atoms with Gasteiger partial charge in [0.2, 0.25) is 0 Å². The number of likely N-dealkylation sites (tertiary alicyclic amines) is 1. The summed E-state index contributed by atoms with van der Waals surface area (Å²) in [6.07, 6.45) is 5.11. The summed E-state index contributed by atoms with van der Waals surface area (Å²) in [5.41, 5.74) is 4.62. The molecule has 1 saturated heterocycles. The molecule has 9 nitrogen and oxygen atoms in total. The van der Waals surface area contributed by atoms with Crippen LogP contribution in [-0.4, -0.2) is 64.4 Å². The number of carbonyl (C=O) groups is 2. The summed E-state index contributed by atoms with van der Waals surface area (Å²) < 4.78 is 36.3. The molecule has 3 N–H and O–H groups in total. The number of aromatic nitrogens is 1. The van der Waals surface area contributed by atoms with Crippen molar-refractivity contribution in [2.75, 3.05) is 37.7 Å². The van der Waals surface area contributed by atoms with Crippen LogP contribution in [0.4, 0.5) is 10.1 Å². The second kappa shape index (κ2) is 12.3. The Hall–Kier alpha value is -4.48. The maximum Gasteiger partial charge on any atom is 0.256 e. The van der Waals surface area contributed by atoms with E-state index in [1.54, 1.807) is 36.8 Å². The first-order chi connectivity index (χ1) is 20.7. The van der Waals surface area contributed by atoms with Gasteiger partial charge in [-0.1, -0.05) is 18.2 Å². The molecule has 3 heterocycles. The van der Waals surface area contributed by atoms with E-state index in [0.29, 0.717) is 52.2 Å². The number of aryl methyl sites for hydroxylation is 1. The fourth-order valence-electron chi connectivity index (χ4n) is 6.14. The molecule has 5 aromatic rings. The Morgan fingerprint density at radius 1 is 1.09 bits per heavy atom. The second-order valence-corrected chi connectivity index (χ2v) is 12.4. The lowest BCUT2D eigenvalue weighted by Crippen LogP contribution is -2.39. The van der Waals surface area contributed by atoms with Gasteiger partial charge in [0, 0.05) is 80.5 Å². The minimum atomic E-state index is -1.34. The average Bonchev–Trinajstić information content (AvgIpc) is 3.57. The SMILES string of the molecule is CNC(=O)c1c(-c2ccc(F)cc2)oc2cc(N(C)S(C)=O)c([C@H]3CCCN(C(=O)c4cn(C)c5ccccc45)C3)cc12.O. The first-order valence-electron chi connectivity index (χ1n) is 14.2. The van der Waals surface area contributed by atoms with E-state index in [0.717, 1.165) is 29.3 Å². The zero-order valence-electron chi connectivity index (χ0n) is 25.0. The van der Waals surface area contributed by atoms with Gasteiger partial charge in [0.05, 0.1) is 16.8 Å². The molecule has 0 radical (unpaired) electrons. The number of carbonyl (C=O) groups excluding carboxylic acids is 2. The Labute approximate surface area is 257 Å². The van der Waals surface area contributed by atoms with Crippen molar-refractivity contribution in [1.29, 1.82) is 0 Å². The summed E-state index contributed by atoms with van der Waals surface area (Å²) in [4.78, 5) is 29.0. The van der Waals surface area contributed by atoms with Crippen molar-refractivity contribution >= 4 is 50.4 Å². The number of para-hydroxylation sites is 1. The van der Waals surface area contributed by atoms with Gasteiger partial charge in [0.15, 0.2) is 0 Å². The summed E-state index contributed by atoms with van der Waals surface area (Å²) in [5, 5.41) is 4.23. The Balaban J connectivity index is 0.00000384. The molecule has 11 heteroatoms. The van der Waals surface area contributed by atoms with Crippen molar-refractivity contribution in [1.82, 2.24) is 14.8 Å². The van der Waals surface area contributed by atoms with Gasteiger partial charge < -0.3 is 24.7 Å². The van der Waals surface area contributed by atoms with Crippen molar-refractivity contribution in [2.24, 2.45) is 7.05 Å². The van der Waals surface area contributed by atoms with Crippen molar-refractivity contribution in [2.45, 2.75) is 18.8 Å². The normalized spacial score (nSPS) is 15.7. The molecule has 44 heavy (non-hydrogen) atoms. The molecule has 1 aliphatic rings. The Kier molecular flexibility index (Phi) is 8.62. The third-order valence-corrected chi connectivity index (χ3v) is 9.37. The molecule has 0 bridgehead atoms. The summed E-state index contributed by atoms with van der Waals surface area (Å²) in [6.45, 7) is 1.11. The molecule has 2 aromatic heterocycles. The zero-order chi connectivity index (χ0) is 30.4. The molecule has 230 valence electrons. The van der Waals surface area contributed by atoms with Gasteiger partial charge in [0.1, 0.15) is 28.1 Å². The fraction of sp³-hybridized carbons (Fsp3) is 0.273. The number of hydrogen-bond acceptors (Lipinski definition) is 4. The number of fused-ring (bicyclic) bond motifs is 2. The maximum atomic E-state index is 13.9. The standard InChI is InChI=1S/C33H33FN4O4S.H2O/c1-35-32(39)30-25-16-24(28(37(3)43(4)41)17-29(25)42-31(30)20-11-13-22(34)14-12-20)21-8-7-15-38(18-21)33(40)26-19-36(2)27-10-6-5-9-23(26)27;/h5-6,9-14,16-17,19,21H,7-8,15,18H2,1-4H3,(H,35,39);1H2/t21-,43?;/m0./s1. The molecule has 0 saturated carbocycles. The predicted molar refractivity (Wildman–Crippen MR) is 172 cm³/mol. The highest BCUT2D eigenvalue weighted by molar-refractivity contribution is 7.85. The molecular weight excluding hydrogens is 583 g/mol. The van der Waals surface area contributed by atoms with E-state index in [-0.39, 0.29) is 23.2 Å². The minimum absolute atomic E-state index is 0. The van der Waals surface area contributed by atoms with Crippen LogP contribution in [0, 0.1) is 5.82 Å². The molecule has 2 amide bonds. The number of hydrogen-bond donors (Lipinski definition) is 1. The largest absolute Gasteiger partial charge is 0.455 e. The second-order valence-electron chi connectivity index (χ2n) is 11.0. The lowest BCUT2D eigenvalue weighted by molar-refractivity contribution is 0.0709. The number of benzene rings is 3. The van der Waals surface area contributed by atoms with E-state index in [9.17, 15) is 18.2 Å². The molecule has 1 fully saturated rings. The van der Waals surface area contributed by atoms with Crippen LogP contribution in [0.25, 0.3) is 33.2 Å². The predicted octanol–water partition coefficient (Wildman–Crippen LogP) is 5.02. The molecule has 1 unspecified atom stereocenters. The molecule has 6 rings (SSSR count). The van der Waals surface area contributed by atoms with Gasteiger partial charge >= 0.3 is 0 Å². The Morgan fingerprint density at radius 2 is 1.82 bits per heavy atom. The van der Waals surface area contributed by atoms with E-state index < -0.39 is 16.8 Å². The lowest BCUT2D eigenvalue weighted by Gasteiger charge is -2.34. The Bertz CT molecular complexity index is 1900. The van der Waals surface area contributed by atoms with E-state index in [2.05, 4.69) is 5.32 Å². The van der Waals surface area contributed by atoms with Gasteiger partial charge in [-0.15, -0.1) is 0 Å². The third kappa shape index (κ3) is 5.37. The van der Waals surface area contributed by atoms with Crippen LogP contribution in [-0.2, 0) is 18.0 Å². The first-order valence-corrected chi connectivity index (χ1v) is 15.7. The number of nitrogens with one attached hydrogen (secondary N) is 1. The van der Waals surface area contributed by atoms with Gasteiger partial charge in [-0.3, -0.25) is 13.9 Å². The lowest BCUT2D eigenvalue weighted by atomic mass is 9.87. The summed E-state index contributed by atoms with van der Waals surface area (Å²) >= 11 is 0. The highest BCUT2D eigenvalue weighted by Crippen LogP contribution is 2.42. The van der Waals surface area contributed by atoms with Crippen LogP contribution in [0.1, 0.15) is 45.0 Å². The first kappa shape index (κ1) is 31.0. The summed E-state index contributed by atoms with van der Waals surface area (Å²) in [5.74, 6) is -0.489. The molecule has 2 atom stereocenters. The van der Waals surface area contributed by atoms with Crippen LogP contribution < -0.4 is 9.62 Å². The van der Waals surface area contributed by atoms with Crippen LogP contribution in [0.2, 0.25) is 0 Å². The van der Waals surface area contributed by atoms with E-state index >= 15 is 0 Å². The zero-order valence-corrected chi connectivity index (χ0v) is 25.8. The van der Waals surface area contributed by atoms with E-state index in [4.69, 9.17) is 4.42 Å². The number of piperidine rings is 1. The molecule has 0 aliphatic carbocycles. The quantitative estimate of drug-likeness (QED) is 0.288. The number of anilines is 1. The van der Waals surface area contributed by atoms with Gasteiger partial charge in [-0.2, -0.15) is 0 Å². The molecule has 1 aliphatic heterocycles. The maximum absolute atomic E-state index is 13.9. The van der Waals surface area contributed by atoms with Crippen LogP contribution >= 0.6 is 0 Å². The van der Waals surface area contributed by atoms with Crippen molar-refractivity contribution < 1.29 is 28.1 Å². The highest BCUT2D eigenvalue weighted by Gasteiger charge is 2.31. The number of furan rings is 1. The summed E-state index contributed by atoms with van der Waals surface area (Å²) in [7, 11) is 3.91. The summed E-state index contributed by atoms with van der Waals surface area (Å²) in [6, 6.07) is 17.4. The number of halogens is 1. The van der Waals surface area contributed by atoms with Crippen LogP contribution in [0.3, 0.4) is 0 Å². The van der Waals surface area contributed by atoms with Gasteiger partial charge in [-0.05, 0) is 54.8 Å². The van der Waals surface area contributed by atoms with Gasteiger partial charge in [-0.25, -0.2) is 8.60 Å². The highest BCUT2D eigenvalue weighted by atomic mass is 32.2. The minimum Gasteiger partial charge on any atom is -0.455 e. The van der Waals surface area contributed by atoms with Crippen molar-refractivity contribution in [3.8, 4) is 11.3 Å². The average molecular weight is 619 g/mol. The molecule has 0 spiro atoms. The number of amides is 2. The number of rotatable bonds is 6. The topological polar surface area (TPSA) is 119 Å². The van der Waals surface area contributed by atoms with Crippen molar-refractivity contribution in [3.63, 3.8) is 0 Å². The monoisotopic (exact) mass is 618 g/mol. The van der Waals surface area contributed by atoms with E-state index in [1.165, 1.54) is 12.1 Å².